The zero-order valence-corrected chi connectivity index (χ0v) is 10.2. The number of hydrogen-bond acceptors (Lipinski definition) is 1. The lowest BCUT2D eigenvalue weighted by molar-refractivity contribution is 0.0715. The van der Waals surface area contributed by atoms with Crippen LogP contribution in [0.4, 0.5) is 0 Å². The van der Waals surface area contributed by atoms with Crippen LogP contribution in [0, 0.1) is 11.3 Å². The lowest BCUT2D eigenvalue weighted by Gasteiger charge is -2.45. The first-order valence-electron chi connectivity index (χ1n) is 6.49. The summed E-state index contributed by atoms with van der Waals surface area (Å²) in [6, 6.07) is 0. The van der Waals surface area contributed by atoms with E-state index >= 15 is 0 Å². The third-order valence-corrected chi connectivity index (χ3v) is 4.28. The number of rotatable bonds is 7. The van der Waals surface area contributed by atoms with Gasteiger partial charge in [-0.2, -0.15) is 0 Å². The standard InChI is InChI=1S/C13H27N/c1-4-10-14-11-13(5-2,6-3)12-8-7-9-12/h12,14H,4-11H2,1-3H3. The Morgan fingerprint density at radius 1 is 1.14 bits per heavy atom. The molecule has 14 heavy (non-hydrogen) atoms. The van der Waals surface area contributed by atoms with E-state index in [2.05, 4.69) is 26.1 Å². The summed E-state index contributed by atoms with van der Waals surface area (Å²) in [6.45, 7) is 9.42. The van der Waals surface area contributed by atoms with E-state index in [1.54, 1.807) is 0 Å². The van der Waals surface area contributed by atoms with Gasteiger partial charge >= 0.3 is 0 Å². The SMILES string of the molecule is CCCNCC(CC)(CC)C1CCC1. The molecular formula is C13H27N. The van der Waals surface area contributed by atoms with Crippen LogP contribution in [0.3, 0.4) is 0 Å². The maximum Gasteiger partial charge on any atom is 0.00103 e. The molecule has 84 valence electrons. The van der Waals surface area contributed by atoms with Gasteiger partial charge in [0.25, 0.3) is 0 Å². The Hall–Kier alpha value is -0.0400. The van der Waals surface area contributed by atoms with Gasteiger partial charge in [-0.15, -0.1) is 0 Å². The second-order valence-electron chi connectivity index (χ2n) is 4.87. The fourth-order valence-electron chi connectivity index (χ4n) is 2.76. The second-order valence-corrected chi connectivity index (χ2v) is 4.87. The molecule has 1 nitrogen and oxygen atoms in total. The van der Waals surface area contributed by atoms with Crippen molar-refractivity contribution in [1.29, 1.82) is 0 Å². The molecule has 1 N–H and O–H groups in total. The van der Waals surface area contributed by atoms with E-state index in [0.717, 1.165) is 5.92 Å². The smallest absolute Gasteiger partial charge is 0.00103 e. The molecule has 0 spiro atoms. The van der Waals surface area contributed by atoms with Gasteiger partial charge in [-0.05, 0) is 50.0 Å². The Morgan fingerprint density at radius 3 is 2.14 bits per heavy atom. The fraction of sp³-hybridized carbons (Fsp3) is 1.00. The molecule has 0 atom stereocenters. The molecule has 1 aliphatic rings. The third kappa shape index (κ3) is 2.50. The Labute approximate surface area is 89.7 Å². The second kappa shape index (κ2) is 5.75. The molecule has 1 aliphatic carbocycles. The summed E-state index contributed by atoms with van der Waals surface area (Å²) in [6.07, 6.45) is 8.40. The van der Waals surface area contributed by atoms with Gasteiger partial charge in [-0.25, -0.2) is 0 Å². The van der Waals surface area contributed by atoms with Crippen LogP contribution in [0.5, 0.6) is 0 Å². The lowest BCUT2D eigenvalue weighted by atomic mass is 9.62. The Bertz CT molecular complexity index is 145. The minimum atomic E-state index is 0.618. The van der Waals surface area contributed by atoms with Crippen molar-refractivity contribution in [2.24, 2.45) is 11.3 Å². The van der Waals surface area contributed by atoms with Gasteiger partial charge in [0.05, 0.1) is 0 Å². The minimum Gasteiger partial charge on any atom is -0.316 e. The largest absolute Gasteiger partial charge is 0.316 e. The van der Waals surface area contributed by atoms with Crippen molar-refractivity contribution in [2.45, 2.75) is 59.3 Å². The molecule has 1 saturated carbocycles. The molecule has 0 unspecified atom stereocenters. The highest BCUT2D eigenvalue weighted by atomic mass is 14.9. The molecular weight excluding hydrogens is 170 g/mol. The van der Waals surface area contributed by atoms with Crippen molar-refractivity contribution >= 4 is 0 Å². The van der Waals surface area contributed by atoms with Crippen LogP contribution >= 0.6 is 0 Å². The van der Waals surface area contributed by atoms with E-state index in [1.807, 2.05) is 0 Å². The summed E-state index contributed by atoms with van der Waals surface area (Å²) in [5.41, 5.74) is 0.618. The summed E-state index contributed by atoms with van der Waals surface area (Å²) in [4.78, 5) is 0. The topological polar surface area (TPSA) is 12.0 Å². The summed E-state index contributed by atoms with van der Waals surface area (Å²) in [5, 5.41) is 3.63. The number of hydrogen-bond donors (Lipinski definition) is 1. The minimum absolute atomic E-state index is 0.618. The summed E-state index contributed by atoms with van der Waals surface area (Å²) in [5.74, 6) is 1.02. The van der Waals surface area contributed by atoms with Gasteiger partial charge < -0.3 is 5.32 Å². The zero-order chi connectivity index (χ0) is 10.4. The van der Waals surface area contributed by atoms with Gasteiger partial charge in [-0.1, -0.05) is 27.2 Å². The van der Waals surface area contributed by atoms with Crippen LogP contribution in [0.25, 0.3) is 0 Å². The molecule has 0 aromatic carbocycles. The molecule has 1 fully saturated rings. The van der Waals surface area contributed by atoms with Crippen LogP contribution in [-0.2, 0) is 0 Å². The van der Waals surface area contributed by atoms with Crippen LogP contribution in [0.1, 0.15) is 59.3 Å². The lowest BCUT2D eigenvalue weighted by Crippen LogP contribution is -2.42. The molecule has 0 aliphatic heterocycles. The molecule has 0 bridgehead atoms. The highest BCUT2D eigenvalue weighted by Crippen LogP contribution is 2.46. The van der Waals surface area contributed by atoms with Crippen molar-refractivity contribution in [3.63, 3.8) is 0 Å². The van der Waals surface area contributed by atoms with E-state index < -0.39 is 0 Å². The van der Waals surface area contributed by atoms with Gasteiger partial charge in [0.1, 0.15) is 0 Å². The molecule has 0 amide bonds. The van der Waals surface area contributed by atoms with Crippen LogP contribution in [0.2, 0.25) is 0 Å². The highest BCUT2D eigenvalue weighted by molar-refractivity contribution is 4.90. The zero-order valence-electron chi connectivity index (χ0n) is 10.2. The van der Waals surface area contributed by atoms with Crippen LogP contribution < -0.4 is 5.32 Å². The normalized spacial score (nSPS) is 18.2. The molecule has 0 aromatic heterocycles. The average molecular weight is 197 g/mol. The first-order valence-corrected chi connectivity index (χ1v) is 6.49. The van der Waals surface area contributed by atoms with Gasteiger partial charge in [-0.3, -0.25) is 0 Å². The van der Waals surface area contributed by atoms with Gasteiger partial charge in [0, 0.05) is 6.54 Å². The Kier molecular flexibility index (Phi) is 4.94. The van der Waals surface area contributed by atoms with E-state index in [-0.39, 0.29) is 0 Å². The average Bonchev–Trinajstić information content (AvgIpc) is 2.13. The number of nitrogens with one attached hydrogen (secondary N) is 1. The quantitative estimate of drug-likeness (QED) is 0.615. The Morgan fingerprint density at radius 2 is 1.79 bits per heavy atom. The van der Waals surface area contributed by atoms with E-state index in [1.165, 1.54) is 51.6 Å². The molecule has 1 rings (SSSR count). The predicted molar refractivity (Wildman–Crippen MR) is 63.5 cm³/mol. The van der Waals surface area contributed by atoms with Crippen LogP contribution in [0.15, 0.2) is 0 Å². The van der Waals surface area contributed by atoms with Gasteiger partial charge in [0.15, 0.2) is 0 Å². The first-order chi connectivity index (χ1) is 6.79. The maximum absolute atomic E-state index is 3.63. The molecule has 1 heteroatoms. The van der Waals surface area contributed by atoms with E-state index in [0.29, 0.717) is 5.41 Å². The summed E-state index contributed by atoms with van der Waals surface area (Å²) in [7, 11) is 0. The van der Waals surface area contributed by atoms with Crippen molar-refractivity contribution in [3.05, 3.63) is 0 Å². The summed E-state index contributed by atoms with van der Waals surface area (Å²) >= 11 is 0. The van der Waals surface area contributed by atoms with Crippen LogP contribution in [-0.4, -0.2) is 13.1 Å². The maximum atomic E-state index is 3.63. The molecule has 0 aromatic rings. The summed E-state index contributed by atoms with van der Waals surface area (Å²) < 4.78 is 0. The fourth-order valence-corrected chi connectivity index (χ4v) is 2.76. The highest BCUT2D eigenvalue weighted by Gasteiger charge is 2.38. The van der Waals surface area contributed by atoms with Crippen molar-refractivity contribution in [2.75, 3.05) is 13.1 Å². The molecule has 0 saturated heterocycles. The Balaban J connectivity index is 2.42. The first kappa shape index (κ1) is 12.0. The molecule has 0 radical (unpaired) electrons. The van der Waals surface area contributed by atoms with Crippen molar-refractivity contribution in [3.8, 4) is 0 Å². The van der Waals surface area contributed by atoms with E-state index in [9.17, 15) is 0 Å². The van der Waals surface area contributed by atoms with Crippen molar-refractivity contribution in [1.82, 2.24) is 5.32 Å². The monoisotopic (exact) mass is 197 g/mol. The van der Waals surface area contributed by atoms with E-state index in [4.69, 9.17) is 0 Å². The molecule has 0 heterocycles. The third-order valence-electron chi connectivity index (χ3n) is 4.28. The van der Waals surface area contributed by atoms with Gasteiger partial charge in [0.2, 0.25) is 0 Å². The predicted octanol–water partition coefficient (Wildman–Crippen LogP) is 3.59. The van der Waals surface area contributed by atoms with Crippen molar-refractivity contribution < 1.29 is 0 Å².